The molecule has 0 saturated heterocycles. The second-order valence-electron chi connectivity index (χ2n) is 4.74. The van der Waals surface area contributed by atoms with Gasteiger partial charge in [0.1, 0.15) is 0 Å². The summed E-state index contributed by atoms with van der Waals surface area (Å²) in [5, 5.41) is 31.0. The van der Waals surface area contributed by atoms with Gasteiger partial charge in [0.05, 0.1) is 30.2 Å². The number of methoxy groups -OCH3 is 1. The average Bonchev–Trinajstić information content (AvgIpc) is 2.44. The van der Waals surface area contributed by atoms with Crippen LogP contribution in [-0.2, 0) is 0 Å². The van der Waals surface area contributed by atoms with Crippen molar-refractivity contribution in [2.75, 3.05) is 7.11 Å². The Hall–Kier alpha value is -1.86. The first-order chi connectivity index (χ1) is 9.33. The molecule has 7 nitrogen and oxygen atoms in total. The summed E-state index contributed by atoms with van der Waals surface area (Å²) in [4.78, 5) is 10.3. The van der Waals surface area contributed by atoms with Gasteiger partial charge in [-0.1, -0.05) is 20.3 Å². The topological polar surface area (TPSA) is 119 Å². The number of hydrogen-bond donors (Lipinski definition) is 3. The second kappa shape index (κ2) is 6.53. The molecular weight excluding hydrogens is 264 g/mol. The van der Waals surface area contributed by atoms with Crippen LogP contribution in [0.1, 0.15) is 31.9 Å². The summed E-state index contributed by atoms with van der Waals surface area (Å²) < 4.78 is 4.90. The van der Waals surface area contributed by atoms with Crippen LogP contribution < -0.4 is 10.5 Å². The molecule has 0 radical (unpaired) electrons. The fraction of sp³-hybridized carbons (Fsp3) is 0.538. The first-order valence-electron chi connectivity index (χ1n) is 6.32. The summed E-state index contributed by atoms with van der Waals surface area (Å²) in [6.45, 7) is 3.71. The number of benzene rings is 1. The van der Waals surface area contributed by atoms with Crippen LogP contribution in [0.15, 0.2) is 12.1 Å². The van der Waals surface area contributed by atoms with Gasteiger partial charge in [-0.05, 0) is 5.92 Å². The molecule has 1 rings (SSSR count). The summed E-state index contributed by atoms with van der Waals surface area (Å²) in [7, 11) is 1.29. The van der Waals surface area contributed by atoms with Gasteiger partial charge >= 0.3 is 0 Å². The van der Waals surface area contributed by atoms with Gasteiger partial charge in [0.15, 0.2) is 11.5 Å². The smallest absolute Gasteiger partial charge is 0.273 e. The van der Waals surface area contributed by atoms with Gasteiger partial charge in [-0.15, -0.1) is 0 Å². The molecule has 1 unspecified atom stereocenters. The number of nitrogens with zero attached hydrogens (tertiary/aromatic N) is 1. The normalized spacial score (nSPS) is 15.4. The van der Waals surface area contributed by atoms with E-state index >= 15 is 0 Å². The molecule has 0 aromatic heterocycles. The quantitative estimate of drug-likeness (QED) is 0.540. The SMILES string of the molecule is CCC(C)[C@H](O)[C@H](N)c1cc([N+](=O)[O-])cc(OC)c1O. The molecule has 0 amide bonds. The van der Waals surface area contributed by atoms with E-state index in [1.54, 1.807) is 0 Å². The second-order valence-corrected chi connectivity index (χ2v) is 4.74. The number of nitro groups is 1. The minimum Gasteiger partial charge on any atom is -0.504 e. The summed E-state index contributed by atoms with van der Waals surface area (Å²) >= 11 is 0. The Morgan fingerprint density at radius 1 is 1.50 bits per heavy atom. The Labute approximate surface area is 117 Å². The van der Waals surface area contributed by atoms with Crippen LogP contribution in [-0.4, -0.2) is 28.4 Å². The Morgan fingerprint density at radius 2 is 2.10 bits per heavy atom. The van der Waals surface area contributed by atoms with Crippen molar-refractivity contribution in [1.29, 1.82) is 0 Å². The lowest BCUT2D eigenvalue weighted by Crippen LogP contribution is -2.31. The molecule has 0 aliphatic heterocycles. The lowest BCUT2D eigenvalue weighted by molar-refractivity contribution is -0.385. The fourth-order valence-corrected chi connectivity index (χ4v) is 1.91. The maximum atomic E-state index is 10.9. The van der Waals surface area contributed by atoms with E-state index < -0.39 is 17.1 Å². The summed E-state index contributed by atoms with van der Waals surface area (Å²) in [5.41, 5.74) is 5.77. The van der Waals surface area contributed by atoms with Gasteiger partial charge in [0.25, 0.3) is 5.69 Å². The molecule has 0 heterocycles. The standard InChI is InChI=1S/C13H20N2O5/c1-4-7(2)12(16)11(14)9-5-8(15(18)19)6-10(20-3)13(9)17/h5-7,11-12,16-17H,4,14H2,1-3H3/t7?,11-,12+/m1/s1. The Morgan fingerprint density at radius 3 is 2.55 bits per heavy atom. The van der Waals surface area contributed by atoms with Crippen LogP contribution in [0.4, 0.5) is 5.69 Å². The predicted molar refractivity (Wildman–Crippen MR) is 73.7 cm³/mol. The van der Waals surface area contributed by atoms with Crippen molar-refractivity contribution in [3.8, 4) is 11.5 Å². The number of nitro benzene ring substituents is 1. The largest absolute Gasteiger partial charge is 0.504 e. The third-order valence-electron chi connectivity index (χ3n) is 3.47. The molecule has 0 bridgehead atoms. The molecule has 4 N–H and O–H groups in total. The third kappa shape index (κ3) is 3.17. The van der Waals surface area contributed by atoms with Crippen LogP contribution in [0.3, 0.4) is 0 Å². The van der Waals surface area contributed by atoms with Crippen molar-refractivity contribution in [3.63, 3.8) is 0 Å². The van der Waals surface area contributed by atoms with E-state index in [1.165, 1.54) is 7.11 Å². The summed E-state index contributed by atoms with van der Waals surface area (Å²) in [6, 6.07) is 1.34. The number of phenols is 1. The first kappa shape index (κ1) is 16.2. The highest BCUT2D eigenvalue weighted by Crippen LogP contribution is 2.38. The molecule has 1 aromatic rings. The van der Waals surface area contributed by atoms with Gasteiger partial charge in [-0.2, -0.15) is 0 Å². The van der Waals surface area contributed by atoms with Gasteiger partial charge in [-0.25, -0.2) is 0 Å². The van der Waals surface area contributed by atoms with E-state index in [2.05, 4.69) is 0 Å². The zero-order valence-electron chi connectivity index (χ0n) is 11.7. The van der Waals surface area contributed by atoms with E-state index in [0.29, 0.717) is 6.42 Å². The van der Waals surface area contributed by atoms with Gasteiger partial charge < -0.3 is 20.7 Å². The molecule has 7 heteroatoms. The third-order valence-corrected chi connectivity index (χ3v) is 3.47. The van der Waals surface area contributed by atoms with Crippen molar-refractivity contribution in [2.45, 2.75) is 32.4 Å². The van der Waals surface area contributed by atoms with Crippen LogP contribution in [0.25, 0.3) is 0 Å². The molecule has 1 aromatic carbocycles. The molecule has 0 aliphatic carbocycles. The fourth-order valence-electron chi connectivity index (χ4n) is 1.91. The van der Waals surface area contributed by atoms with Crippen molar-refractivity contribution >= 4 is 5.69 Å². The molecule has 0 saturated carbocycles. The number of aliphatic hydroxyl groups excluding tert-OH is 1. The van der Waals surface area contributed by atoms with E-state index in [1.807, 2.05) is 13.8 Å². The molecular formula is C13H20N2O5. The highest BCUT2D eigenvalue weighted by Gasteiger charge is 2.28. The molecule has 112 valence electrons. The van der Waals surface area contributed by atoms with Crippen molar-refractivity contribution in [3.05, 3.63) is 27.8 Å². The Balaban J connectivity index is 3.28. The average molecular weight is 284 g/mol. The monoisotopic (exact) mass is 284 g/mol. The highest BCUT2D eigenvalue weighted by atomic mass is 16.6. The number of ether oxygens (including phenoxy) is 1. The molecule has 0 spiro atoms. The van der Waals surface area contributed by atoms with Gasteiger partial charge in [0.2, 0.25) is 0 Å². The molecule has 20 heavy (non-hydrogen) atoms. The van der Waals surface area contributed by atoms with Gasteiger partial charge in [-0.3, -0.25) is 10.1 Å². The number of hydrogen-bond acceptors (Lipinski definition) is 6. The number of phenolic OH excluding ortho intramolecular Hbond substituents is 1. The van der Waals surface area contributed by atoms with Crippen LogP contribution >= 0.6 is 0 Å². The van der Waals surface area contributed by atoms with Crippen molar-refractivity contribution in [1.82, 2.24) is 0 Å². The van der Waals surface area contributed by atoms with E-state index in [-0.39, 0.29) is 28.7 Å². The van der Waals surface area contributed by atoms with Crippen LogP contribution in [0, 0.1) is 16.0 Å². The lowest BCUT2D eigenvalue weighted by Gasteiger charge is -2.25. The minimum absolute atomic E-state index is 0.0407. The number of rotatable bonds is 6. The van der Waals surface area contributed by atoms with Gasteiger partial charge in [0, 0.05) is 11.6 Å². The van der Waals surface area contributed by atoms with E-state index in [4.69, 9.17) is 10.5 Å². The molecule has 3 atom stereocenters. The number of non-ortho nitro benzene ring substituents is 1. The number of aromatic hydroxyl groups is 1. The molecule has 0 fully saturated rings. The zero-order chi connectivity index (χ0) is 15.4. The van der Waals surface area contributed by atoms with Crippen LogP contribution in [0.5, 0.6) is 11.5 Å². The number of aliphatic hydroxyl groups is 1. The zero-order valence-corrected chi connectivity index (χ0v) is 11.7. The first-order valence-corrected chi connectivity index (χ1v) is 6.32. The molecule has 0 aliphatic rings. The minimum atomic E-state index is -0.932. The number of nitrogens with two attached hydrogens (primary N) is 1. The van der Waals surface area contributed by atoms with E-state index in [9.17, 15) is 20.3 Å². The predicted octanol–water partition coefficient (Wildman–Crippen LogP) is 1.72. The lowest BCUT2D eigenvalue weighted by atomic mass is 9.91. The van der Waals surface area contributed by atoms with Crippen molar-refractivity contribution < 1.29 is 19.9 Å². The van der Waals surface area contributed by atoms with Crippen LogP contribution in [0.2, 0.25) is 0 Å². The summed E-state index contributed by atoms with van der Waals surface area (Å²) in [6.07, 6.45) is -0.223. The summed E-state index contributed by atoms with van der Waals surface area (Å²) in [5.74, 6) is -0.427. The maximum Gasteiger partial charge on any atom is 0.273 e. The maximum absolute atomic E-state index is 10.9. The van der Waals surface area contributed by atoms with Crippen molar-refractivity contribution in [2.24, 2.45) is 11.7 Å². The Bertz CT molecular complexity index is 492. The van der Waals surface area contributed by atoms with E-state index in [0.717, 1.165) is 12.1 Å². The highest BCUT2D eigenvalue weighted by molar-refractivity contribution is 5.54. The Kier molecular flexibility index (Phi) is 5.29.